The second-order valence-corrected chi connectivity index (χ2v) is 4.87. The van der Waals surface area contributed by atoms with Crippen LogP contribution in [-0.2, 0) is 11.3 Å². The van der Waals surface area contributed by atoms with Crippen LogP contribution >= 0.6 is 15.9 Å². The maximum Gasteiger partial charge on any atom is 0.0786 e. The number of rotatable bonds is 4. The summed E-state index contributed by atoms with van der Waals surface area (Å²) in [5.74, 6) is 0. The van der Waals surface area contributed by atoms with E-state index in [0.717, 1.165) is 30.5 Å². The molecule has 0 aromatic carbocycles. The van der Waals surface area contributed by atoms with Crippen LogP contribution in [0.2, 0.25) is 0 Å². The molecule has 90 valence electrons. The Morgan fingerprint density at radius 3 is 3.12 bits per heavy atom. The summed E-state index contributed by atoms with van der Waals surface area (Å²) in [4.78, 5) is 0. The van der Waals surface area contributed by atoms with Crippen LogP contribution in [0.3, 0.4) is 0 Å². The van der Waals surface area contributed by atoms with Crippen LogP contribution in [-0.4, -0.2) is 29.5 Å². The molecule has 0 spiro atoms. The number of nitrogens with zero attached hydrogens (tertiary/aromatic N) is 2. The lowest BCUT2D eigenvalue weighted by atomic mass is 10.0. The molecule has 2 atom stereocenters. The van der Waals surface area contributed by atoms with E-state index in [-0.39, 0.29) is 12.1 Å². The average molecular weight is 288 g/mol. The molecule has 2 heterocycles. The molecule has 16 heavy (non-hydrogen) atoms. The number of likely N-dealkylation sites (N-methyl/N-ethyl adjacent to an activating group) is 1. The van der Waals surface area contributed by atoms with Gasteiger partial charge in [0.05, 0.1) is 28.5 Å². The maximum absolute atomic E-state index is 5.76. The summed E-state index contributed by atoms with van der Waals surface area (Å²) in [5.41, 5.74) is 1.19. The van der Waals surface area contributed by atoms with E-state index in [1.54, 1.807) is 0 Å². The van der Waals surface area contributed by atoms with Crippen LogP contribution in [0, 0.1) is 0 Å². The lowest BCUT2D eigenvalue weighted by Gasteiger charge is -2.23. The molecule has 0 bridgehead atoms. The maximum atomic E-state index is 5.76. The third-order valence-electron chi connectivity index (χ3n) is 3.08. The van der Waals surface area contributed by atoms with E-state index in [0.29, 0.717) is 0 Å². The van der Waals surface area contributed by atoms with Gasteiger partial charge in [0, 0.05) is 13.2 Å². The topological polar surface area (TPSA) is 39.1 Å². The van der Waals surface area contributed by atoms with Crippen molar-refractivity contribution in [1.82, 2.24) is 15.1 Å². The van der Waals surface area contributed by atoms with E-state index in [2.05, 4.69) is 33.3 Å². The van der Waals surface area contributed by atoms with E-state index in [9.17, 15) is 0 Å². The quantitative estimate of drug-likeness (QED) is 0.922. The van der Waals surface area contributed by atoms with Crippen molar-refractivity contribution in [3.05, 3.63) is 16.4 Å². The Morgan fingerprint density at radius 2 is 2.56 bits per heavy atom. The van der Waals surface area contributed by atoms with E-state index >= 15 is 0 Å². The van der Waals surface area contributed by atoms with Crippen LogP contribution in [0.1, 0.15) is 31.5 Å². The fourth-order valence-electron chi connectivity index (χ4n) is 2.30. The monoisotopic (exact) mass is 287 g/mol. The number of hydrogen-bond donors (Lipinski definition) is 1. The van der Waals surface area contributed by atoms with Gasteiger partial charge in [-0.25, -0.2) is 0 Å². The summed E-state index contributed by atoms with van der Waals surface area (Å²) < 4.78 is 8.84. The van der Waals surface area contributed by atoms with Crippen molar-refractivity contribution in [1.29, 1.82) is 0 Å². The molecule has 4 nitrogen and oxygen atoms in total. The average Bonchev–Trinajstić information content (AvgIpc) is 2.91. The molecule has 1 saturated heterocycles. The van der Waals surface area contributed by atoms with Crippen LogP contribution in [0.5, 0.6) is 0 Å². The highest BCUT2D eigenvalue weighted by molar-refractivity contribution is 9.10. The molecular formula is C11H18BrN3O. The summed E-state index contributed by atoms with van der Waals surface area (Å²) in [6.45, 7) is 3.86. The van der Waals surface area contributed by atoms with Crippen molar-refractivity contribution in [2.24, 2.45) is 0 Å². The Balaban J connectivity index is 2.27. The van der Waals surface area contributed by atoms with Crippen LogP contribution in [0.25, 0.3) is 0 Å². The summed E-state index contributed by atoms with van der Waals surface area (Å²) in [5, 5.41) is 7.69. The largest absolute Gasteiger partial charge is 0.376 e. The van der Waals surface area contributed by atoms with Gasteiger partial charge < -0.3 is 10.1 Å². The summed E-state index contributed by atoms with van der Waals surface area (Å²) in [6.07, 6.45) is 4.40. The molecule has 1 aliphatic heterocycles. The molecule has 2 unspecified atom stereocenters. The molecule has 0 aliphatic carbocycles. The summed E-state index contributed by atoms with van der Waals surface area (Å²) in [7, 11) is 1.98. The fraction of sp³-hybridized carbons (Fsp3) is 0.727. The summed E-state index contributed by atoms with van der Waals surface area (Å²) in [6, 6.07) is 0.222. The normalized spacial score (nSPS) is 22.6. The highest BCUT2D eigenvalue weighted by Crippen LogP contribution is 2.31. The first-order valence-corrected chi connectivity index (χ1v) is 6.57. The van der Waals surface area contributed by atoms with Gasteiger partial charge in [-0.3, -0.25) is 4.68 Å². The lowest BCUT2D eigenvalue weighted by Crippen LogP contribution is -2.31. The molecule has 0 amide bonds. The van der Waals surface area contributed by atoms with Gasteiger partial charge in [0.1, 0.15) is 0 Å². The number of halogens is 1. The van der Waals surface area contributed by atoms with Crippen LogP contribution in [0.4, 0.5) is 0 Å². The number of aromatic nitrogens is 2. The molecule has 1 aliphatic rings. The van der Waals surface area contributed by atoms with Gasteiger partial charge >= 0.3 is 0 Å². The van der Waals surface area contributed by atoms with Gasteiger partial charge in [0.2, 0.25) is 0 Å². The Hall–Kier alpha value is -0.390. The Morgan fingerprint density at radius 1 is 1.75 bits per heavy atom. The van der Waals surface area contributed by atoms with Crippen molar-refractivity contribution in [2.75, 3.05) is 13.7 Å². The minimum absolute atomic E-state index is 0.222. The second-order valence-electron chi connectivity index (χ2n) is 4.01. The zero-order valence-corrected chi connectivity index (χ0v) is 11.3. The van der Waals surface area contributed by atoms with Crippen LogP contribution in [0.15, 0.2) is 10.7 Å². The lowest BCUT2D eigenvalue weighted by molar-refractivity contribution is 0.0778. The van der Waals surface area contributed by atoms with Gasteiger partial charge in [-0.05, 0) is 42.7 Å². The van der Waals surface area contributed by atoms with E-state index in [1.807, 2.05) is 17.9 Å². The molecule has 1 fully saturated rings. The number of hydrogen-bond acceptors (Lipinski definition) is 3. The first-order chi connectivity index (χ1) is 7.77. The van der Waals surface area contributed by atoms with E-state index < -0.39 is 0 Å². The molecule has 1 aromatic rings. The standard InChI is InChI=1S/C11H18BrN3O/c1-3-15-11(8(12)7-14-15)10(13-2)9-5-4-6-16-9/h7,9-10,13H,3-6H2,1-2H3. The van der Waals surface area contributed by atoms with Crippen molar-refractivity contribution in [3.8, 4) is 0 Å². The van der Waals surface area contributed by atoms with Crippen LogP contribution < -0.4 is 5.32 Å². The second kappa shape index (κ2) is 5.29. The van der Waals surface area contributed by atoms with E-state index in [1.165, 1.54) is 5.69 Å². The Kier molecular flexibility index (Phi) is 4.00. The summed E-state index contributed by atoms with van der Waals surface area (Å²) >= 11 is 3.57. The fourth-order valence-corrected chi connectivity index (χ4v) is 2.84. The first-order valence-electron chi connectivity index (χ1n) is 5.78. The zero-order chi connectivity index (χ0) is 11.5. The van der Waals surface area contributed by atoms with Gasteiger partial charge in [0.15, 0.2) is 0 Å². The number of ether oxygens (including phenoxy) is 1. The number of nitrogens with one attached hydrogen (secondary N) is 1. The predicted octanol–water partition coefficient (Wildman–Crippen LogP) is 2.10. The highest BCUT2D eigenvalue weighted by atomic mass is 79.9. The highest BCUT2D eigenvalue weighted by Gasteiger charge is 2.30. The molecule has 0 radical (unpaired) electrons. The predicted molar refractivity (Wildman–Crippen MR) is 66.4 cm³/mol. The minimum atomic E-state index is 0.222. The van der Waals surface area contributed by atoms with Gasteiger partial charge in [-0.2, -0.15) is 5.10 Å². The third-order valence-corrected chi connectivity index (χ3v) is 3.69. The zero-order valence-electron chi connectivity index (χ0n) is 9.74. The molecule has 1 N–H and O–H groups in total. The molecule has 5 heteroatoms. The molecular weight excluding hydrogens is 270 g/mol. The van der Waals surface area contributed by atoms with Gasteiger partial charge in [-0.15, -0.1) is 0 Å². The van der Waals surface area contributed by atoms with Gasteiger partial charge in [-0.1, -0.05) is 0 Å². The first kappa shape index (κ1) is 12.1. The molecule has 0 saturated carbocycles. The van der Waals surface area contributed by atoms with Crippen molar-refractivity contribution in [2.45, 2.75) is 38.5 Å². The smallest absolute Gasteiger partial charge is 0.0786 e. The minimum Gasteiger partial charge on any atom is -0.376 e. The van der Waals surface area contributed by atoms with Gasteiger partial charge in [0.25, 0.3) is 0 Å². The SMILES string of the molecule is CCn1ncc(Br)c1C(NC)C1CCCO1. The third kappa shape index (κ3) is 2.17. The Bertz CT molecular complexity index is 347. The molecule has 1 aromatic heterocycles. The number of aryl methyl sites for hydroxylation is 1. The van der Waals surface area contributed by atoms with Crippen molar-refractivity contribution >= 4 is 15.9 Å². The van der Waals surface area contributed by atoms with Crippen molar-refractivity contribution < 1.29 is 4.74 Å². The van der Waals surface area contributed by atoms with E-state index in [4.69, 9.17) is 4.74 Å². The Labute approximate surface area is 104 Å². The molecule has 2 rings (SSSR count). The van der Waals surface area contributed by atoms with Crippen molar-refractivity contribution in [3.63, 3.8) is 0 Å².